The van der Waals surface area contributed by atoms with Crippen molar-refractivity contribution in [1.82, 2.24) is 5.09 Å². The molecule has 1 amide bonds. The maximum absolute atomic E-state index is 13.6. The van der Waals surface area contributed by atoms with E-state index in [9.17, 15) is 9.69 Å². The molecule has 33 heavy (non-hydrogen) atoms. The molecule has 3 rings (SSSR count). The van der Waals surface area contributed by atoms with Crippen LogP contribution in [0.15, 0.2) is 36.4 Å². The third kappa shape index (κ3) is 7.08. The van der Waals surface area contributed by atoms with Gasteiger partial charge in [0, 0.05) is 21.2 Å². The summed E-state index contributed by atoms with van der Waals surface area (Å²) in [7, 11) is -4.32. The fourth-order valence-electron chi connectivity index (χ4n) is 3.34. The molecule has 2 aromatic rings. The van der Waals surface area contributed by atoms with Gasteiger partial charge in [0.15, 0.2) is 11.5 Å². The molecule has 1 heterocycles. The Hall–Kier alpha value is -0.850. The number of halogens is 5. The van der Waals surface area contributed by atoms with Gasteiger partial charge in [0.1, 0.15) is 0 Å². The van der Waals surface area contributed by atoms with E-state index in [0.717, 1.165) is 19.3 Å². The number of carbonyl (C=O) groups is 1. The summed E-state index contributed by atoms with van der Waals surface area (Å²) in [6, 6.07) is 8.96. The molecule has 0 saturated heterocycles. The largest absolute Gasteiger partial charge is 0.597 e. The fourth-order valence-corrected chi connectivity index (χ4v) is 5.67. The van der Waals surface area contributed by atoms with Gasteiger partial charge in [-0.1, -0.05) is 84.2 Å². The third-order valence-corrected chi connectivity index (χ3v) is 7.24. The van der Waals surface area contributed by atoms with Crippen molar-refractivity contribution in [2.24, 2.45) is 0 Å². The second-order valence-electron chi connectivity index (χ2n) is 7.33. The van der Waals surface area contributed by atoms with Crippen LogP contribution in [-0.2, 0) is 4.74 Å². The van der Waals surface area contributed by atoms with Gasteiger partial charge in [-0.15, -0.1) is 5.09 Å². The van der Waals surface area contributed by atoms with Crippen LogP contribution in [0.25, 0.3) is 0 Å². The Morgan fingerprint density at radius 1 is 1.03 bits per heavy atom. The van der Waals surface area contributed by atoms with Crippen LogP contribution in [-0.4, -0.2) is 16.5 Å². The summed E-state index contributed by atoms with van der Waals surface area (Å²) in [4.78, 5) is 25.9. The number of carbonyl (C=O) groups excluding carboxylic acids is 1. The zero-order chi connectivity index (χ0) is 24.2. The molecule has 6 nitrogen and oxygen atoms in total. The molecule has 1 N–H and O–H groups in total. The molecule has 0 atom stereocenters. The molecule has 0 spiro atoms. The van der Waals surface area contributed by atoms with E-state index >= 15 is 0 Å². The van der Waals surface area contributed by atoms with E-state index in [4.69, 9.17) is 71.8 Å². The van der Waals surface area contributed by atoms with Crippen molar-refractivity contribution >= 4 is 72.2 Å². The minimum Gasteiger partial charge on any atom is -0.597 e. The van der Waals surface area contributed by atoms with Crippen molar-refractivity contribution in [3.8, 4) is 11.5 Å². The van der Waals surface area contributed by atoms with Crippen molar-refractivity contribution < 1.29 is 23.5 Å². The van der Waals surface area contributed by atoms with E-state index in [1.807, 2.05) is 0 Å². The van der Waals surface area contributed by atoms with E-state index in [1.54, 1.807) is 0 Å². The lowest BCUT2D eigenvalue weighted by molar-refractivity contribution is -0.206. The first kappa shape index (κ1) is 26.7. The summed E-state index contributed by atoms with van der Waals surface area (Å²) in [5.41, 5.74) is 0.647. The number of fused-ring (bicyclic) bond motifs is 2. The molecule has 0 aromatic heterocycles. The van der Waals surface area contributed by atoms with Gasteiger partial charge in [-0.05, 0) is 42.8 Å². The molecule has 12 heteroatoms. The molecule has 1 aliphatic heterocycles. The van der Waals surface area contributed by atoms with Gasteiger partial charge in [0.25, 0.3) is 0 Å². The zero-order valence-corrected chi connectivity index (χ0v) is 22.1. The Morgan fingerprint density at radius 2 is 1.58 bits per heavy atom. The van der Waals surface area contributed by atoms with Gasteiger partial charge in [-0.3, -0.25) is 9.05 Å². The standard InChI is InChI=1S/C21H21Cl5NO5P/c1-2-3-4-5-10-30-20(28)27-33(29)31-17-8-6-13(22)11-15(17)19(21(24,25)26)16-12-14(23)7-9-18(16)32-33/h6-9,11-12,19H,2-5,10H2,1H3,(H,27,28,29). The third-order valence-electron chi connectivity index (χ3n) is 4.79. The topological polar surface area (TPSA) is 79.9 Å². The predicted molar refractivity (Wildman–Crippen MR) is 132 cm³/mol. The Bertz CT molecular complexity index is 948. The van der Waals surface area contributed by atoms with Crippen molar-refractivity contribution in [2.45, 2.75) is 42.3 Å². The van der Waals surface area contributed by atoms with Gasteiger partial charge in [0.05, 0.1) is 12.5 Å². The first-order chi connectivity index (χ1) is 15.5. The minimum atomic E-state index is -4.32. The zero-order valence-electron chi connectivity index (χ0n) is 17.5. The number of rotatable bonds is 6. The average molecular weight is 576 g/mol. The van der Waals surface area contributed by atoms with Gasteiger partial charge in [-0.2, -0.15) is 0 Å². The van der Waals surface area contributed by atoms with Crippen LogP contribution < -0.4 is 19.0 Å². The van der Waals surface area contributed by atoms with E-state index in [0.29, 0.717) is 27.6 Å². The van der Waals surface area contributed by atoms with Gasteiger partial charge in [0.2, 0.25) is 3.79 Å². The quantitative estimate of drug-likeness (QED) is 0.218. The lowest BCUT2D eigenvalue weighted by Crippen LogP contribution is -2.39. The van der Waals surface area contributed by atoms with Crippen molar-refractivity contribution in [3.63, 3.8) is 0 Å². The summed E-state index contributed by atoms with van der Waals surface area (Å²) < 4.78 is 14.6. The predicted octanol–water partition coefficient (Wildman–Crippen LogP) is 7.61. The van der Waals surface area contributed by atoms with Gasteiger partial charge >= 0.3 is 14.2 Å². The summed E-state index contributed by atoms with van der Waals surface area (Å²) in [6.07, 6.45) is 2.72. The maximum atomic E-state index is 13.6. The number of hydrogen-bond acceptors (Lipinski definition) is 5. The Morgan fingerprint density at radius 3 is 2.06 bits per heavy atom. The summed E-state index contributed by atoms with van der Waals surface area (Å²) in [6.45, 7) is 2.24. The molecular formula is C21H21Cl5NO5P. The normalized spacial score (nSPS) is 19.8. The van der Waals surface area contributed by atoms with Crippen LogP contribution in [0.2, 0.25) is 10.0 Å². The Kier molecular flexibility index (Phi) is 9.13. The van der Waals surface area contributed by atoms with E-state index < -0.39 is 23.9 Å². The molecular weight excluding hydrogens is 554 g/mol. The van der Waals surface area contributed by atoms with Crippen LogP contribution >= 0.6 is 66.1 Å². The molecule has 0 saturated carbocycles. The minimum absolute atomic E-state index is 0.0490. The first-order valence-electron chi connectivity index (χ1n) is 10.1. The van der Waals surface area contributed by atoms with Crippen LogP contribution in [0, 0.1) is 0 Å². The number of benzene rings is 2. The van der Waals surface area contributed by atoms with Crippen LogP contribution in [0.4, 0.5) is 4.79 Å². The van der Waals surface area contributed by atoms with E-state index in [1.165, 1.54) is 36.4 Å². The summed E-state index contributed by atoms with van der Waals surface area (Å²) in [5.74, 6) is -0.843. The highest BCUT2D eigenvalue weighted by molar-refractivity contribution is 7.58. The van der Waals surface area contributed by atoms with Crippen LogP contribution in [0.5, 0.6) is 11.5 Å². The molecule has 0 fully saturated rings. The molecule has 0 unspecified atom stereocenters. The molecule has 1 aliphatic rings. The lowest BCUT2D eigenvalue weighted by Gasteiger charge is -2.34. The van der Waals surface area contributed by atoms with Crippen molar-refractivity contribution in [2.75, 3.05) is 6.61 Å². The summed E-state index contributed by atoms with van der Waals surface area (Å²) in [5, 5.41) is 2.86. The van der Waals surface area contributed by atoms with Gasteiger partial charge in [-0.25, -0.2) is 4.79 Å². The van der Waals surface area contributed by atoms with E-state index in [-0.39, 0.29) is 18.1 Å². The smallest absolute Gasteiger partial charge is 0.444 e. The number of nitrogens with one attached hydrogen (secondary N) is 1. The number of unbranched alkanes of at least 4 members (excludes halogenated alkanes) is 3. The fraction of sp³-hybridized carbons (Fsp3) is 0.381. The van der Waals surface area contributed by atoms with Crippen LogP contribution in [0.1, 0.15) is 49.7 Å². The molecule has 0 aliphatic carbocycles. The van der Waals surface area contributed by atoms with Crippen molar-refractivity contribution in [1.29, 1.82) is 0 Å². The highest BCUT2D eigenvalue weighted by Gasteiger charge is 2.47. The lowest BCUT2D eigenvalue weighted by atomic mass is 9.91. The second-order valence-corrected chi connectivity index (χ2v) is 12.2. The molecule has 180 valence electrons. The van der Waals surface area contributed by atoms with Gasteiger partial charge < -0.3 is 9.63 Å². The molecule has 2 aromatic carbocycles. The molecule has 0 bridgehead atoms. The highest BCUT2D eigenvalue weighted by Crippen LogP contribution is 2.59. The van der Waals surface area contributed by atoms with Crippen molar-refractivity contribution in [3.05, 3.63) is 57.6 Å². The highest BCUT2D eigenvalue weighted by atomic mass is 35.6. The first-order valence-corrected chi connectivity index (χ1v) is 13.6. The number of amides is 1. The molecule has 0 radical (unpaired) electrons. The van der Waals surface area contributed by atoms with Crippen LogP contribution in [0.3, 0.4) is 0 Å². The monoisotopic (exact) mass is 573 g/mol. The Balaban J connectivity index is 1.98. The SMILES string of the molecule is CCCCCCOC(=O)N[P+]1([O-])Oc2ccc(Cl)cc2C(C(Cl)(Cl)Cl)c2cc(Cl)ccc2O1. The maximum Gasteiger partial charge on any atom is 0.444 e. The second kappa shape index (κ2) is 11.3. The Labute approximate surface area is 218 Å². The number of hydrogen-bond donors (Lipinski definition) is 1. The van der Waals surface area contributed by atoms with E-state index in [2.05, 4.69) is 12.0 Å². The average Bonchev–Trinajstić information content (AvgIpc) is 2.70. The summed E-state index contributed by atoms with van der Waals surface area (Å²) >= 11 is 31.3. The number of ether oxygens (including phenoxy) is 1. The number of alkyl halides is 3.